The Hall–Kier alpha value is -2.02. The molecule has 2 aromatic carbocycles. The first kappa shape index (κ1) is 15.9. The third kappa shape index (κ3) is 3.34. The maximum atomic E-state index is 13.7. The summed E-state index contributed by atoms with van der Waals surface area (Å²) in [6.07, 6.45) is 1.37. The average molecular weight is 367 g/mol. The van der Waals surface area contributed by atoms with Gasteiger partial charge in [-0.2, -0.15) is 14.9 Å². The second-order valence-corrected chi connectivity index (χ2v) is 5.78. The second kappa shape index (κ2) is 6.62. The zero-order valence-electron chi connectivity index (χ0n) is 11.5. The first-order valence-electron chi connectivity index (χ1n) is 6.48. The Morgan fingerprint density at radius 3 is 2.74 bits per heavy atom. The van der Waals surface area contributed by atoms with E-state index in [1.807, 2.05) is 0 Å². The monoisotopic (exact) mass is 366 g/mol. The smallest absolute Gasteiger partial charge is 0.216 e. The summed E-state index contributed by atoms with van der Waals surface area (Å²) in [4.78, 5) is 0. The number of aromatic nitrogens is 3. The van der Waals surface area contributed by atoms with Crippen LogP contribution in [0.25, 0.3) is 11.4 Å². The highest BCUT2D eigenvalue weighted by Gasteiger charge is 2.12. The number of benzene rings is 2. The predicted molar refractivity (Wildman–Crippen MR) is 92.3 cm³/mol. The van der Waals surface area contributed by atoms with Gasteiger partial charge < -0.3 is 0 Å². The van der Waals surface area contributed by atoms with Gasteiger partial charge in [-0.3, -0.25) is 0 Å². The van der Waals surface area contributed by atoms with E-state index in [9.17, 15) is 4.39 Å². The van der Waals surface area contributed by atoms with E-state index in [1.54, 1.807) is 36.4 Å². The molecule has 23 heavy (non-hydrogen) atoms. The van der Waals surface area contributed by atoms with Gasteiger partial charge in [0.05, 0.1) is 11.2 Å². The minimum absolute atomic E-state index is 0.263. The lowest BCUT2D eigenvalue weighted by molar-refractivity contribution is 0.625. The van der Waals surface area contributed by atoms with E-state index in [2.05, 4.69) is 15.3 Å². The molecule has 0 radical (unpaired) electrons. The van der Waals surface area contributed by atoms with Crippen LogP contribution < -0.4 is 0 Å². The van der Waals surface area contributed by atoms with Gasteiger partial charge in [-0.1, -0.05) is 41.4 Å². The Balaban J connectivity index is 2.06. The van der Waals surface area contributed by atoms with E-state index >= 15 is 0 Å². The molecule has 0 aliphatic rings. The molecule has 0 amide bonds. The Kier molecular flexibility index (Phi) is 4.56. The fourth-order valence-corrected chi connectivity index (χ4v) is 2.62. The molecule has 0 bridgehead atoms. The quantitative estimate of drug-likeness (QED) is 0.527. The van der Waals surface area contributed by atoms with Crippen molar-refractivity contribution in [3.8, 4) is 11.4 Å². The number of halogens is 3. The minimum atomic E-state index is -0.377. The number of rotatable bonds is 3. The Morgan fingerprint density at radius 2 is 2.00 bits per heavy atom. The molecule has 0 atom stereocenters. The number of hydrogen-bond acceptors (Lipinski definition) is 3. The molecule has 1 aromatic heterocycles. The maximum Gasteiger partial charge on any atom is 0.216 e. The van der Waals surface area contributed by atoms with Crippen LogP contribution in [0.3, 0.4) is 0 Å². The highest BCUT2D eigenvalue weighted by Crippen LogP contribution is 2.29. The molecule has 3 aromatic rings. The molecule has 8 heteroatoms. The van der Waals surface area contributed by atoms with Gasteiger partial charge >= 0.3 is 0 Å². The van der Waals surface area contributed by atoms with Gasteiger partial charge in [0.1, 0.15) is 5.82 Å². The molecule has 0 saturated carbocycles. The lowest BCUT2D eigenvalue weighted by atomic mass is 10.2. The fraction of sp³-hybridized carbons (Fsp3) is 0. The summed E-state index contributed by atoms with van der Waals surface area (Å²) in [6, 6.07) is 11.3. The van der Waals surface area contributed by atoms with E-state index in [-0.39, 0.29) is 10.6 Å². The molecule has 4 nitrogen and oxygen atoms in total. The van der Waals surface area contributed by atoms with Crippen LogP contribution in [-0.4, -0.2) is 21.1 Å². The second-order valence-electron chi connectivity index (χ2n) is 4.55. The topological polar surface area (TPSA) is 46.0 Å². The Labute approximate surface area is 146 Å². The number of nitrogens with one attached hydrogen (secondary N) is 1. The summed E-state index contributed by atoms with van der Waals surface area (Å²) in [5.74, 6) is 0.0293. The van der Waals surface area contributed by atoms with Crippen molar-refractivity contribution >= 4 is 41.6 Å². The molecule has 1 heterocycles. The van der Waals surface area contributed by atoms with Gasteiger partial charge in [0.2, 0.25) is 4.77 Å². The standard InChI is InChI=1S/C15H9Cl2FN4S/c16-10-5-6-11(12(17)7-10)14-20-21-15(23)22(14)19-8-9-3-1-2-4-13(9)18/h1-8H,(H,21,23)/b19-8+. The molecule has 1 N–H and O–H groups in total. The normalized spacial score (nSPS) is 11.3. The average Bonchev–Trinajstić information content (AvgIpc) is 2.87. The molecular weight excluding hydrogens is 358 g/mol. The van der Waals surface area contributed by atoms with Gasteiger partial charge in [0.25, 0.3) is 0 Å². The highest BCUT2D eigenvalue weighted by molar-refractivity contribution is 7.71. The van der Waals surface area contributed by atoms with Gasteiger partial charge in [-0.25, -0.2) is 9.49 Å². The molecule has 0 unspecified atom stereocenters. The Morgan fingerprint density at radius 1 is 1.22 bits per heavy atom. The lowest BCUT2D eigenvalue weighted by Crippen LogP contribution is -1.96. The van der Waals surface area contributed by atoms with Gasteiger partial charge in [0.15, 0.2) is 5.82 Å². The highest BCUT2D eigenvalue weighted by atomic mass is 35.5. The van der Waals surface area contributed by atoms with Crippen molar-refractivity contribution in [3.63, 3.8) is 0 Å². The number of H-pyrrole nitrogens is 1. The van der Waals surface area contributed by atoms with E-state index in [0.717, 1.165) is 0 Å². The fourth-order valence-electron chi connectivity index (χ4n) is 1.94. The third-order valence-corrected chi connectivity index (χ3v) is 3.85. The summed E-state index contributed by atoms with van der Waals surface area (Å²) in [5.41, 5.74) is 0.942. The molecule has 0 aliphatic heterocycles. The summed E-state index contributed by atoms with van der Waals surface area (Å²) in [6.45, 7) is 0. The van der Waals surface area contributed by atoms with Crippen molar-refractivity contribution in [1.82, 2.24) is 14.9 Å². The molecule has 0 spiro atoms. The SMILES string of the molecule is Fc1ccccc1/C=N/n1c(-c2ccc(Cl)cc2Cl)n[nH]c1=S. The Bertz CT molecular complexity index is 949. The lowest BCUT2D eigenvalue weighted by Gasteiger charge is -2.04. The number of hydrogen-bond donors (Lipinski definition) is 1. The van der Waals surface area contributed by atoms with Crippen LogP contribution in [0.5, 0.6) is 0 Å². The first-order valence-corrected chi connectivity index (χ1v) is 7.64. The summed E-state index contributed by atoms with van der Waals surface area (Å²) in [5, 5.41) is 11.9. The molecule has 3 rings (SSSR count). The van der Waals surface area contributed by atoms with Crippen LogP contribution in [-0.2, 0) is 0 Å². The van der Waals surface area contributed by atoms with Crippen molar-refractivity contribution in [1.29, 1.82) is 0 Å². The largest absolute Gasteiger partial charge is 0.250 e. The molecule has 0 aliphatic carbocycles. The summed E-state index contributed by atoms with van der Waals surface area (Å²) in [7, 11) is 0. The van der Waals surface area contributed by atoms with Crippen LogP contribution in [0.15, 0.2) is 47.6 Å². The molecule has 116 valence electrons. The van der Waals surface area contributed by atoms with Crippen LogP contribution in [0.2, 0.25) is 10.0 Å². The van der Waals surface area contributed by atoms with Crippen LogP contribution in [0, 0.1) is 10.6 Å². The van der Waals surface area contributed by atoms with E-state index in [1.165, 1.54) is 17.0 Å². The number of nitrogens with zero attached hydrogens (tertiary/aromatic N) is 3. The van der Waals surface area contributed by atoms with Gasteiger partial charge in [-0.05, 0) is 36.5 Å². The number of aromatic amines is 1. The van der Waals surface area contributed by atoms with Crippen LogP contribution >= 0.6 is 35.4 Å². The van der Waals surface area contributed by atoms with Crippen molar-refractivity contribution < 1.29 is 4.39 Å². The van der Waals surface area contributed by atoms with Gasteiger partial charge in [-0.15, -0.1) is 0 Å². The van der Waals surface area contributed by atoms with Crippen LogP contribution in [0.1, 0.15) is 5.56 Å². The van der Waals surface area contributed by atoms with Crippen molar-refractivity contribution in [2.45, 2.75) is 0 Å². The van der Waals surface area contributed by atoms with E-state index in [4.69, 9.17) is 35.4 Å². The zero-order chi connectivity index (χ0) is 16.4. The van der Waals surface area contributed by atoms with Gasteiger partial charge in [0, 0.05) is 16.1 Å². The predicted octanol–water partition coefficient (Wildman–Crippen LogP) is 4.94. The zero-order valence-corrected chi connectivity index (χ0v) is 13.8. The molecule has 0 saturated heterocycles. The summed E-state index contributed by atoms with van der Waals surface area (Å²) >= 11 is 17.2. The van der Waals surface area contributed by atoms with E-state index < -0.39 is 0 Å². The van der Waals surface area contributed by atoms with Crippen molar-refractivity contribution in [3.05, 3.63) is 68.7 Å². The van der Waals surface area contributed by atoms with E-state index in [0.29, 0.717) is 27.0 Å². The third-order valence-electron chi connectivity index (χ3n) is 3.04. The molecular formula is C15H9Cl2FN4S. The summed E-state index contributed by atoms with van der Waals surface area (Å²) < 4.78 is 15.3. The minimum Gasteiger partial charge on any atom is -0.250 e. The maximum absolute atomic E-state index is 13.7. The van der Waals surface area contributed by atoms with Crippen molar-refractivity contribution in [2.75, 3.05) is 0 Å². The van der Waals surface area contributed by atoms with Crippen LogP contribution in [0.4, 0.5) is 4.39 Å². The first-order chi connectivity index (χ1) is 11.1. The van der Waals surface area contributed by atoms with Crippen molar-refractivity contribution in [2.24, 2.45) is 5.10 Å². The molecule has 0 fully saturated rings.